The van der Waals surface area contributed by atoms with E-state index in [9.17, 15) is 14.0 Å². The number of aromatic nitrogens is 1. The molecule has 0 radical (unpaired) electrons. The molecule has 2 amide bonds. The fourth-order valence-electron chi connectivity index (χ4n) is 2.68. The van der Waals surface area contributed by atoms with Crippen molar-refractivity contribution in [2.24, 2.45) is 0 Å². The third-order valence-electron chi connectivity index (χ3n) is 4.19. The zero-order valence-electron chi connectivity index (χ0n) is 15.2. The van der Waals surface area contributed by atoms with Gasteiger partial charge in [0.15, 0.2) is 0 Å². The van der Waals surface area contributed by atoms with E-state index in [2.05, 4.69) is 15.6 Å². The van der Waals surface area contributed by atoms with Crippen LogP contribution in [0.2, 0.25) is 0 Å². The summed E-state index contributed by atoms with van der Waals surface area (Å²) >= 11 is 0. The molecule has 5 nitrogen and oxygen atoms in total. The number of carbonyl (C=O) groups excluding carboxylic acids is 2. The van der Waals surface area contributed by atoms with Crippen LogP contribution < -0.4 is 10.6 Å². The quantitative estimate of drug-likeness (QED) is 0.665. The molecule has 1 aromatic heterocycles. The first-order chi connectivity index (χ1) is 13.6. The fraction of sp³-hybridized carbons (Fsp3) is 0.136. The van der Waals surface area contributed by atoms with E-state index in [0.717, 1.165) is 5.56 Å². The van der Waals surface area contributed by atoms with Crippen LogP contribution in [0.4, 0.5) is 4.39 Å². The van der Waals surface area contributed by atoms with Gasteiger partial charge in [-0.1, -0.05) is 48.5 Å². The van der Waals surface area contributed by atoms with Crippen molar-refractivity contribution >= 4 is 11.8 Å². The molecule has 0 spiro atoms. The Balaban J connectivity index is 1.55. The molecule has 0 aliphatic rings. The average molecular weight is 377 g/mol. The summed E-state index contributed by atoms with van der Waals surface area (Å²) in [7, 11) is 0. The summed E-state index contributed by atoms with van der Waals surface area (Å²) < 4.78 is 13.6. The summed E-state index contributed by atoms with van der Waals surface area (Å²) in [5, 5.41) is 5.51. The molecule has 0 aliphatic carbocycles. The van der Waals surface area contributed by atoms with Gasteiger partial charge in [-0.15, -0.1) is 0 Å². The van der Waals surface area contributed by atoms with Gasteiger partial charge < -0.3 is 10.6 Å². The van der Waals surface area contributed by atoms with Crippen LogP contribution in [0.25, 0.3) is 0 Å². The Bertz CT molecular complexity index is 961. The molecule has 0 bridgehead atoms. The Labute approximate surface area is 162 Å². The molecule has 0 aliphatic heterocycles. The van der Waals surface area contributed by atoms with Crippen molar-refractivity contribution in [2.45, 2.75) is 13.0 Å². The normalized spacial score (nSPS) is 10.3. The second-order valence-corrected chi connectivity index (χ2v) is 6.20. The highest BCUT2D eigenvalue weighted by atomic mass is 19.1. The van der Waals surface area contributed by atoms with Crippen molar-refractivity contribution in [3.63, 3.8) is 0 Å². The largest absolute Gasteiger partial charge is 0.352 e. The molecule has 3 aromatic rings. The summed E-state index contributed by atoms with van der Waals surface area (Å²) in [6.07, 6.45) is 1.80. The number of hydrogen-bond donors (Lipinski definition) is 2. The van der Waals surface area contributed by atoms with Gasteiger partial charge in [0.2, 0.25) is 0 Å². The first kappa shape index (κ1) is 19.2. The summed E-state index contributed by atoms with van der Waals surface area (Å²) in [5.41, 5.74) is 2.00. The Hall–Kier alpha value is -3.54. The first-order valence-corrected chi connectivity index (χ1v) is 8.93. The molecule has 2 N–H and O–H groups in total. The maximum atomic E-state index is 13.6. The summed E-state index contributed by atoms with van der Waals surface area (Å²) in [4.78, 5) is 28.6. The van der Waals surface area contributed by atoms with Crippen molar-refractivity contribution in [1.82, 2.24) is 15.6 Å². The number of rotatable bonds is 7. The molecule has 1 heterocycles. The van der Waals surface area contributed by atoms with E-state index in [-0.39, 0.29) is 29.9 Å². The van der Waals surface area contributed by atoms with Crippen LogP contribution in [0, 0.1) is 5.82 Å². The number of hydrogen-bond acceptors (Lipinski definition) is 3. The van der Waals surface area contributed by atoms with E-state index < -0.39 is 0 Å². The van der Waals surface area contributed by atoms with Gasteiger partial charge in [-0.2, -0.15) is 0 Å². The van der Waals surface area contributed by atoms with Gasteiger partial charge >= 0.3 is 0 Å². The highest BCUT2D eigenvalue weighted by molar-refractivity contribution is 5.98. The summed E-state index contributed by atoms with van der Waals surface area (Å²) in [6.45, 7) is 0.665. The van der Waals surface area contributed by atoms with E-state index in [1.807, 2.05) is 30.3 Å². The lowest BCUT2D eigenvalue weighted by molar-refractivity contribution is 0.0946. The van der Waals surface area contributed by atoms with Gasteiger partial charge in [-0.3, -0.25) is 14.6 Å². The molecule has 0 atom stereocenters. The highest BCUT2D eigenvalue weighted by Crippen LogP contribution is 2.07. The van der Waals surface area contributed by atoms with Crippen LogP contribution in [0.1, 0.15) is 32.0 Å². The highest BCUT2D eigenvalue weighted by Gasteiger charge is 2.12. The Morgan fingerprint density at radius 1 is 0.893 bits per heavy atom. The maximum absolute atomic E-state index is 13.6. The smallest absolute Gasteiger partial charge is 0.270 e. The lowest BCUT2D eigenvalue weighted by Crippen LogP contribution is -2.27. The predicted molar refractivity (Wildman–Crippen MR) is 104 cm³/mol. The van der Waals surface area contributed by atoms with Crippen molar-refractivity contribution in [1.29, 1.82) is 0 Å². The van der Waals surface area contributed by atoms with Crippen molar-refractivity contribution in [3.8, 4) is 0 Å². The van der Waals surface area contributed by atoms with Gasteiger partial charge in [0.05, 0.1) is 0 Å². The predicted octanol–water partition coefficient (Wildman–Crippen LogP) is 3.12. The molecule has 3 rings (SSSR count). The number of halogens is 1. The Kier molecular flexibility index (Phi) is 6.46. The first-order valence-electron chi connectivity index (χ1n) is 8.93. The van der Waals surface area contributed by atoms with Crippen LogP contribution in [0.3, 0.4) is 0 Å². The molecule has 6 heteroatoms. The summed E-state index contributed by atoms with van der Waals surface area (Å²) in [6, 6.07) is 18.9. The van der Waals surface area contributed by atoms with E-state index in [1.54, 1.807) is 18.2 Å². The van der Waals surface area contributed by atoms with Gasteiger partial charge in [0.1, 0.15) is 11.5 Å². The molecule has 2 aromatic carbocycles. The monoisotopic (exact) mass is 377 g/mol. The zero-order valence-corrected chi connectivity index (χ0v) is 15.2. The maximum Gasteiger partial charge on any atom is 0.270 e. The number of benzene rings is 2. The number of nitrogens with zero attached hydrogens (tertiary/aromatic N) is 1. The van der Waals surface area contributed by atoms with Gasteiger partial charge in [0.25, 0.3) is 11.8 Å². The third kappa shape index (κ3) is 5.23. The van der Waals surface area contributed by atoms with Crippen LogP contribution in [-0.4, -0.2) is 23.3 Å². The summed E-state index contributed by atoms with van der Waals surface area (Å²) in [5.74, 6) is -0.987. The van der Waals surface area contributed by atoms with E-state index in [0.29, 0.717) is 24.1 Å². The second kappa shape index (κ2) is 9.41. The number of pyridine rings is 1. The molecule has 0 fully saturated rings. The number of nitrogens with one attached hydrogen (secondary N) is 2. The molecule has 142 valence electrons. The molecular weight excluding hydrogens is 357 g/mol. The number of carbonyl (C=O) groups is 2. The van der Waals surface area contributed by atoms with Crippen LogP contribution >= 0.6 is 0 Å². The Morgan fingerprint density at radius 2 is 1.64 bits per heavy atom. The van der Waals surface area contributed by atoms with Crippen molar-refractivity contribution in [3.05, 3.63) is 101 Å². The van der Waals surface area contributed by atoms with Crippen LogP contribution in [-0.2, 0) is 13.0 Å². The topological polar surface area (TPSA) is 71.1 Å². The molecule has 28 heavy (non-hydrogen) atoms. The third-order valence-corrected chi connectivity index (χ3v) is 4.19. The van der Waals surface area contributed by atoms with E-state index in [1.165, 1.54) is 24.4 Å². The average Bonchev–Trinajstić information content (AvgIpc) is 2.74. The lowest BCUT2D eigenvalue weighted by Gasteiger charge is -2.08. The molecule has 0 saturated heterocycles. The molecular formula is C22H20FN3O2. The van der Waals surface area contributed by atoms with Crippen LogP contribution in [0.15, 0.2) is 72.9 Å². The Morgan fingerprint density at radius 3 is 2.43 bits per heavy atom. The molecule has 0 unspecified atom stereocenters. The van der Waals surface area contributed by atoms with Gasteiger partial charge in [-0.25, -0.2) is 4.39 Å². The SMILES string of the molecule is O=C(NCCc1ccccc1F)c1ccnc(C(=O)NCc2ccccc2)c1. The van der Waals surface area contributed by atoms with Crippen LogP contribution in [0.5, 0.6) is 0 Å². The second-order valence-electron chi connectivity index (χ2n) is 6.20. The minimum absolute atomic E-state index is 0.165. The van der Waals surface area contributed by atoms with Gasteiger partial charge in [-0.05, 0) is 35.7 Å². The van der Waals surface area contributed by atoms with Crippen molar-refractivity contribution < 1.29 is 14.0 Å². The minimum Gasteiger partial charge on any atom is -0.352 e. The minimum atomic E-state index is -0.357. The lowest BCUT2D eigenvalue weighted by atomic mass is 10.1. The van der Waals surface area contributed by atoms with Gasteiger partial charge in [0, 0.05) is 24.8 Å². The standard InChI is InChI=1S/C22H20FN3O2/c23-19-9-5-4-8-17(19)10-13-25-21(27)18-11-12-24-20(14-18)22(28)26-15-16-6-2-1-3-7-16/h1-9,11-12,14H,10,13,15H2,(H,25,27)(H,26,28). The fourth-order valence-corrected chi connectivity index (χ4v) is 2.68. The molecule has 0 saturated carbocycles. The van der Waals surface area contributed by atoms with Crippen molar-refractivity contribution in [2.75, 3.05) is 6.54 Å². The number of amides is 2. The van der Waals surface area contributed by atoms with E-state index in [4.69, 9.17) is 0 Å². The zero-order chi connectivity index (χ0) is 19.8. The van der Waals surface area contributed by atoms with E-state index >= 15 is 0 Å².